The summed E-state index contributed by atoms with van der Waals surface area (Å²) in [5, 5.41) is 10.7. The lowest BCUT2D eigenvalue weighted by atomic mass is 9.80. The topological polar surface area (TPSA) is 38.7 Å². The molecule has 94 valence electrons. The van der Waals surface area contributed by atoms with Gasteiger partial charge in [0.25, 0.3) is 0 Å². The zero-order valence-corrected chi connectivity index (χ0v) is 10.5. The van der Waals surface area contributed by atoms with Crippen LogP contribution in [0.2, 0.25) is 0 Å². The summed E-state index contributed by atoms with van der Waals surface area (Å²) in [6, 6.07) is 7.63. The van der Waals surface area contributed by atoms with Crippen molar-refractivity contribution in [3.05, 3.63) is 29.8 Å². The van der Waals surface area contributed by atoms with Gasteiger partial charge in [-0.15, -0.1) is 0 Å². The number of rotatable bonds is 3. The van der Waals surface area contributed by atoms with Crippen LogP contribution in [0, 0.1) is 5.92 Å². The molecule has 1 heterocycles. The molecule has 0 aromatic heterocycles. The fourth-order valence-electron chi connectivity index (χ4n) is 2.36. The van der Waals surface area contributed by atoms with Crippen molar-refractivity contribution < 1.29 is 14.6 Å². The molecule has 0 spiro atoms. The minimum absolute atomic E-state index is 0.156. The van der Waals surface area contributed by atoms with Gasteiger partial charge in [-0.05, 0) is 37.5 Å². The van der Waals surface area contributed by atoms with E-state index in [0.29, 0.717) is 6.61 Å². The molecule has 1 N–H and O–H groups in total. The van der Waals surface area contributed by atoms with Crippen LogP contribution in [0.4, 0.5) is 0 Å². The van der Waals surface area contributed by atoms with Gasteiger partial charge in [0.2, 0.25) is 0 Å². The standard InChI is InChI=1S/C14H20O3/c1-14(15,12-6-4-8-17-10-12)11-5-3-7-13(9-11)16-2/h3,5,7,9,12,15H,4,6,8,10H2,1-2H3. The normalized spacial score (nSPS) is 24.1. The zero-order valence-electron chi connectivity index (χ0n) is 10.5. The van der Waals surface area contributed by atoms with Crippen LogP contribution in [0.15, 0.2) is 24.3 Å². The average molecular weight is 236 g/mol. The number of aliphatic hydroxyl groups is 1. The molecule has 17 heavy (non-hydrogen) atoms. The van der Waals surface area contributed by atoms with Gasteiger partial charge in [0, 0.05) is 12.5 Å². The van der Waals surface area contributed by atoms with E-state index in [1.807, 2.05) is 31.2 Å². The summed E-state index contributed by atoms with van der Waals surface area (Å²) in [6.07, 6.45) is 2.02. The Kier molecular flexibility index (Phi) is 3.69. The van der Waals surface area contributed by atoms with Gasteiger partial charge in [0.15, 0.2) is 0 Å². The van der Waals surface area contributed by atoms with Gasteiger partial charge in [-0.1, -0.05) is 12.1 Å². The van der Waals surface area contributed by atoms with Crippen molar-refractivity contribution in [3.63, 3.8) is 0 Å². The summed E-state index contributed by atoms with van der Waals surface area (Å²) in [5.41, 5.74) is 0.0435. The van der Waals surface area contributed by atoms with Crippen molar-refractivity contribution in [1.82, 2.24) is 0 Å². The monoisotopic (exact) mass is 236 g/mol. The van der Waals surface area contributed by atoms with E-state index in [9.17, 15) is 5.11 Å². The van der Waals surface area contributed by atoms with Crippen molar-refractivity contribution in [1.29, 1.82) is 0 Å². The molecule has 0 amide bonds. The van der Waals surface area contributed by atoms with E-state index in [-0.39, 0.29) is 5.92 Å². The maximum Gasteiger partial charge on any atom is 0.119 e. The predicted octanol–water partition coefficient (Wildman–Crippen LogP) is 2.33. The fraction of sp³-hybridized carbons (Fsp3) is 0.571. The first-order valence-electron chi connectivity index (χ1n) is 6.09. The molecule has 1 fully saturated rings. The Morgan fingerprint density at radius 3 is 2.94 bits per heavy atom. The first-order chi connectivity index (χ1) is 8.14. The Hall–Kier alpha value is -1.06. The molecule has 2 rings (SSSR count). The van der Waals surface area contributed by atoms with Crippen LogP contribution in [-0.4, -0.2) is 25.4 Å². The highest BCUT2D eigenvalue weighted by molar-refractivity contribution is 5.32. The van der Waals surface area contributed by atoms with Gasteiger partial charge in [0.05, 0.1) is 19.3 Å². The molecular formula is C14H20O3. The third-order valence-electron chi connectivity index (χ3n) is 3.61. The third kappa shape index (κ3) is 2.61. The second-order valence-electron chi connectivity index (χ2n) is 4.79. The van der Waals surface area contributed by atoms with Crippen LogP contribution in [0.3, 0.4) is 0 Å². The molecular weight excluding hydrogens is 216 g/mol. The molecule has 1 aliphatic rings. The molecule has 2 unspecified atom stereocenters. The summed E-state index contributed by atoms with van der Waals surface area (Å²) < 4.78 is 10.7. The Morgan fingerprint density at radius 1 is 1.47 bits per heavy atom. The van der Waals surface area contributed by atoms with Gasteiger partial charge in [-0.3, -0.25) is 0 Å². The first-order valence-corrected chi connectivity index (χ1v) is 6.09. The molecule has 1 aromatic carbocycles. The maximum absolute atomic E-state index is 10.7. The van der Waals surface area contributed by atoms with Crippen molar-refractivity contribution >= 4 is 0 Å². The van der Waals surface area contributed by atoms with Crippen LogP contribution in [0.1, 0.15) is 25.3 Å². The molecule has 0 saturated carbocycles. The number of ether oxygens (including phenoxy) is 2. The number of benzene rings is 1. The SMILES string of the molecule is COc1cccc(C(C)(O)C2CCCOC2)c1. The molecule has 0 aliphatic carbocycles. The molecule has 1 aromatic rings. The predicted molar refractivity (Wildman–Crippen MR) is 66.1 cm³/mol. The lowest BCUT2D eigenvalue weighted by Gasteiger charge is -2.35. The summed E-state index contributed by atoms with van der Waals surface area (Å²) in [6.45, 7) is 3.30. The maximum atomic E-state index is 10.7. The molecule has 1 saturated heterocycles. The Balaban J connectivity index is 2.22. The van der Waals surface area contributed by atoms with E-state index in [0.717, 1.165) is 30.8 Å². The van der Waals surface area contributed by atoms with Crippen LogP contribution >= 0.6 is 0 Å². The highest BCUT2D eigenvalue weighted by Crippen LogP contribution is 2.35. The lowest BCUT2D eigenvalue weighted by molar-refractivity contribution is -0.0724. The number of methoxy groups -OCH3 is 1. The Bertz CT molecular complexity index is 367. The molecule has 0 bridgehead atoms. The quantitative estimate of drug-likeness (QED) is 0.875. The van der Waals surface area contributed by atoms with Crippen molar-refractivity contribution in [2.75, 3.05) is 20.3 Å². The van der Waals surface area contributed by atoms with Crippen LogP contribution < -0.4 is 4.74 Å². The summed E-state index contributed by atoms with van der Waals surface area (Å²) in [4.78, 5) is 0. The van der Waals surface area contributed by atoms with Gasteiger partial charge < -0.3 is 14.6 Å². The second kappa shape index (κ2) is 5.07. The molecule has 1 aliphatic heterocycles. The molecule has 2 atom stereocenters. The molecule has 3 heteroatoms. The molecule has 3 nitrogen and oxygen atoms in total. The minimum Gasteiger partial charge on any atom is -0.497 e. The van der Waals surface area contributed by atoms with E-state index in [4.69, 9.17) is 9.47 Å². The van der Waals surface area contributed by atoms with E-state index in [1.54, 1.807) is 7.11 Å². The summed E-state index contributed by atoms with van der Waals surface area (Å²) in [5.74, 6) is 0.933. The molecule has 0 radical (unpaired) electrons. The van der Waals surface area contributed by atoms with E-state index in [2.05, 4.69) is 0 Å². The zero-order chi connectivity index (χ0) is 12.3. The third-order valence-corrected chi connectivity index (χ3v) is 3.61. The van der Waals surface area contributed by atoms with Gasteiger partial charge in [-0.25, -0.2) is 0 Å². The van der Waals surface area contributed by atoms with Crippen molar-refractivity contribution in [3.8, 4) is 5.75 Å². The number of hydrogen-bond acceptors (Lipinski definition) is 3. The smallest absolute Gasteiger partial charge is 0.119 e. The van der Waals surface area contributed by atoms with Gasteiger partial charge in [0.1, 0.15) is 5.75 Å². The first kappa shape index (κ1) is 12.4. The largest absolute Gasteiger partial charge is 0.497 e. The number of hydrogen-bond donors (Lipinski definition) is 1. The summed E-state index contributed by atoms with van der Waals surface area (Å²) in [7, 11) is 1.64. The second-order valence-corrected chi connectivity index (χ2v) is 4.79. The average Bonchev–Trinajstić information content (AvgIpc) is 2.40. The fourth-order valence-corrected chi connectivity index (χ4v) is 2.36. The van der Waals surface area contributed by atoms with E-state index < -0.39 is 5.60 Å². The Morgan fingerprint density at radius 2 is 2.29 bits per heavy atom. The minimum atomic E-state index is -0.852. The van der Waals surface area contributed by atoms with E-state index in [1.165, 1.54) is 0 Å². The van der Waals surface area contributed by atoms with Crippen molar-refractivity contribution in [2.24, 2.45) is 5.92 Å². The van der Waals surface area contributed by atoms with Crippen LogP contribution in [0.25, 0.3) is 0 Å². The van der Waals surface area contributed by atoms with Crippen molar-refractivity contribution in [2.45, 2.75) is 25.4 Å². The Labute approximate surface area is 102 Å². The van der Waals surface area contributed by atoms with Gasteiger partial charge in [-0.2, -0.15) is 0 Å². The lowest BCUT2D eigenvalue weighted by Crippen LogP contribution is -2.37. The highest BCUT2D eigenvalue weighted by Gasteiger charge is 2.35. The highest BCUT2D eigenvalue weighted by atomic mass is 16.5. The van der Waals surface area contributed by atoms with E-state index >= 15 is 0 Å². The van der Waals surface area contributed by atoms with Crippen LogP contribution in [-0.2, 0) is 10.3 Å². The van der Waals surface area contributed by atoms with Crippen LogP contribution in [0.5, 0.6) is 5.75 Å². The summed E-state index contributed by atoms with van der Waals surface area (Å²) >= 11 is 0. The van der Waals surface area contributed by atoms with Gasteiger partial charge >= 0.3 is 0 Å².